The number of benzene rings is 1. The van der Waals surface area contributed by atoms with Gasteiger partial charge >= 0.3 is 0 Å². The predicted octanol–water partition coefficient (Wildman–Crippen LogP) is 2.17. The molecular formula is C19H24FN3O4S. The monoisotopic (exact) mass is 409 g/mol. The van der Waals surface area contributed by atoms with Crippen molar-refractivity contribution in [3.8, 4) is 5.75 Å². The Kier molecular flexibility index (Phi) is 6.73. The number of carbonyl (C=O) groups is 1. The number of hydrogen-bond acceptors (Lipinski definition) is 5. The average molecular weight is 409 g/mol. The van der Waals surface area contributed by atoms with Crippen LogP contribution in [0.15, 0.2) is 35.4 Å². The molecule has 28 heavy (non-hydrogen) atoms. The number of rotatable bonds is 7. The summed E-state index contributed by atoms with van der Waals surface area (Å²) in [7, 11) is -1.07. The first-order valence-electron chi connectivity index (χ1n) is 8.59. The summed E-state index contributed by atoms with van der Waals surface area (Å²) in [6.45, 7) is 5.30. The molecule has 9 heteroatoms. The molecule has 0 bridgehead atoms. The Bertz CT molecular complexity index is 979. The summed E-state index contributed by atoms with van der Waals surface area (Å²) in [5.74, 6) is -0.658. The molecule has 7 nitrogen and oxygen atoms in total. The number of likely N-dealkylation sites (N-methyl/N-ethyl adjacent to an activating group) is 1. The van der Waals surface area contributed by atoms with Gasteiger partial charge in [0.2, 0.25) is 15.9 Å². The van der Waals surface area contributed by atoms with Crippen LogP contribution in [0.1, 0.15) is 23.7 Å². The summed E-state index contributed by atoms with van der Waals surface area (Å²) in [5.41, 5.74) is 2.33. The van der Waals surface area contributed by atoms with Crippen LogP contribution in [0.25, 0.3) is 0 Å². The van der Waals surface area contributed by atoms with Gasteiger partial charge < -0.3 is 9.64 Å². The Morgan fingerprint density at radius 2 is 1.96 bits per heavy atom. The van der Waals surface area contributed by atoms with Gasteiger partial charge in [0, 0.05) is 24.4 Å². The molecule has 0 aliphatic heterocycles. The number of methoxy groups -OCH3 is 1. The fraction of sp³-hybridized carbons (Fsp3) is 0.368. The third-order valence-corrected chi connectivity index (χ3v) is 5.92. The second-order valence-electron chi connectivity index (χ2n) is 6.51. The second-order valence-corrected chi connectivity index (χ2v) is 8.20. The van der Waals surface area contributed by atoms with E-state index in [9.17, 15) is 17.6 Å². The molecule has 1 heterocycles. The Morgan fingerprint density at radius 3 is 2.57 bits per heavy atom. The fourth-order valence-electron chi connectivity index (χ4n) is 2.87. The molecule has 1 N–H and O–H groups in total. The summed E-state index contributed by atoms with van der Waals surface area (Å²) in [6.07, 6.45) is 1.66. The van der Waals surface area contributed by atoms with Crippen molar-refractivity contribution in [2.75, 3.05) is 14.2 Å². The van der Waals surface area contributed by atoms with E-state index in [1.807, 2.05) is 13.8 Å². The zero-order valence-corrected chi connectivity index (χ0v) is 17.3. The topological polar surface area (TPSA) is 88.6 Å². The number of pyridine rings is 1. The summed E-state index contributed by atoms with van der Waals surface area (Å²) >= 11 is 0. The maximum absolute atomic E-state index is 13.8. The van der Waals surface area contributed by atoms with Gasteiger partial charge in [-0.25, -0.2) is 12.8 Å². The smallest absolute Gasteiger partial charge is 0.244 e. The van der Waals surface area contributed by atoms with Crippen molar-refractivity contribution in [3.05, 3.63) is 53.1 Å². The molecular weight excluding hydrogens is 385 g/mol. The quantitative estimate of drug-likeness (QED) is 0.757. The summed E-state index contributed by atoms with van der Waals surface area (Å²) in [4.78, 5) is 17.8. The highest BCUT2D eigenvalue weighted by Gasteiger charge is 2.26. The lowest BCUT2D eigenvalue weighted by molar-refractivity contribution is -0.131. The van der Waals surface area contributed by atoms with Gasteiger partial charge in [-0.3, -0.25) is 9.78 Å². The zero-order valence-electron chi connectivity index (χ0n) is 16.5. The van der Waals surface area contributed by atoms with E-state index in [0.717, 1.165) is 23.3 Å². The van der Waals surface area contributed by atoms with Crippen molar-refractivity contribution in [2.24, 2.45) is 0 Å². The van der Waals surface area contributed by atoms with Gasteiger partial charge in [0.1, 0.15) is 16.5 Å². The van der Waals surface area contributed by atoms with Crippen LogP contribution < -0.4 is 9.46 Å². The fourth-order valence-corrected chi connectivity index (χ4v) is 4.15. The van der Waals surface area contributed by atoms with E-state index < -0.39 is 32.7 Å². The summed E-state index contributed by atoms with van der Waals surface area (Å²) in [5, 5.41) is 0. The standard InChI is InChI=1S/C19H24FN3O4S/c1-12-10-21-16(13(2)18(12)27-5)11-23(4)19(24)14(3)22-28(25,26)17-9-7-6-8-15(17)20/h6-10,14,22H,11H2,1-5H3/t14-/m0/s1. The molecule has 0 fully saturated rings. The molecule has 2 aromatic rings. The van der Waals surface area contributed by atoms with E-state index in [2.05, 4.69) is 9.71 Å². The molecule has 0 saturated carbocycles. The van der Waals surface area contributed by atoms with Crippen LogP contribution in [-0.2, 0) is 21.4 Å². The van der Waals surface area contributed by atoms with E-state index in [1.165, 1.54) is 24.0 Å². The largest absolute Gasteiger partial charge is 0.496 e. The van der Waals surface area contributed by atoms with Crippen LogP contribution in [0.3, 0.4) is 0 Å². The number of nitrogens with zero attached hydrogens (tertiary/aromatic N) is 2. The van der Waals surface area contributed by atoms with Crippen molar-refractivity contribution >= 4 is 15.9 Å². The zero-order chi connectivity index (χ0) is 21.1. The van der Waals surface area contributed by atoms with Gasteiger partial charge in [-0.2, -0.15) is 4.72 Å². The molecule has 0 radical (unpaired) electrons. The van der Waals surface area contributed by atoms with Crippen LogP contribution in [0.2, 0.25) is 0 Å². The van der Waals surface area contributed by atoms with Crippen molar-refractivity contribution in [3.63, 3.8) is 0 Å². The molecule has 1 amide bonds. The normalized spacial score (nSPS) is 12.5. The number of halogens is 1. The van der Waals surface area contributed by atoms with E-state index in [0.29, 0.717) is 11.4 Å². The summed E-state index contributed by atoms with van der Waals surface area (Å²) < 4.78 is 46.1. The molecule has 1 aromatic carbocycles. The van der Waals surface area contributed by atoms with E-state index in [4.69, 9.17) is 4.74 Å². The van der Waals surface area contributed by atoms with Crippen LogP contribution in [0.4, 0.5) is 4.39 Å². The van der Waals surface area contributed by atoms with Crippen LogP contribution >= 0.6 is 0 Å². The lowest BCUT2D eigenvalue weighted by Crippen LogP contribution is -2.45. The Hall–Kier alpha value is -2.52. The third-order valence-electron chi connectivity index (χ3n) is 4.34. The number of amides is 1. The minimum Gasteiger partial charge on any atom is -0.496 e. The maximum atomic E-state index is 13.8. The predicted molar refractivity (Wildman–Crippen MR) is 103 cm³/mol. The minimum absolute atomic E-state index is 0.174. The van der Waals surface area contributed by atoms with Crippen LogP contribution in [-0.4, -0.2) is 44.4 Å². The highest BCUT2D eigenvalue weighted by atomic mass is 32.2. The lowest BCUT2D eigenvalue weighted by Gasteiger charge is -2.23. The van der Waals surface area contributed by atoms with Gasteiger partial charge in [-0.15, -0.1) is 0 Å². The highest BCUT2D eigenvalue weighted by Crippen LogP contribution is 2.24. The van der Waals surface area contributed by atoms with Gasteiger partial charge in [-0.1, -0.05) is 12.1 Å². The molecule has 2 rings (SSSR count). The number of nitrogens with one attached hydrogen (secondary N) is 1. The molecule has 0 saturated heterocycles. The van der Waals surface area contributed by atoms with E-state index >= 15 is 0 Å². The molecule has 0 aliphatic rings. The molecule has 0 aliphatic carbocycles. The Balaban J connectivity index is 2.14. The first-order chi connectivity index (χ1) is 13.1. The van der Waals surface area contributed by atoms with Gasteiger partial charge in [-0.05, 0) is 32.9 Å². The van der Waals surface area contributed by atoms with Crippen LogP contribution in [0, 0.1) is 19.7 Å². The van der Waals surface area contributed by atoms with Crippen LogP contribution in [0.5, 0.6) is 5.75 Å². The number of ether oxygens (including phenoxy) is 1. The first-order valence-corrected chi connectivity index (χ1v) is 10.1. The number of hydrogen-bond donors (Lipinski definition) is 1. The SMILES string of the molecule is COc1c(C)cnc(CN(C)C(=O)[C@H](C)NS(=O)(=O)c2ccccc2F)c1C. The number of aryl methyl sites for hydroxylation is 1. The maximum Gasteiger partial charge on any atom is 0.244 e. The Labute approximate surface area is 164 Å². The van der Waals surface area contributed by atoms with Gasteiger partial charge in [0.25, 0.3) is 0 Å². The number of sulfonamides is 1. The first kappa shape index (κ1) is 21.8. The number of aromatic nitrogens is 1. The average Bonchev–Trinajstić information content (AvgIpc) is 2.63. The Morgan fingerprint density at radius 1 is 1.32 bits per heavy atom. The minimum atomic E-state index is -4.17. The van der Waals surface area contributed by atoms with Gasteiger partial charge in [0.05, 0.1) is 25.4 Å². The molecule has 0 spiro atoms. The molecule has 0 unspecified atom stereocenters. The van der Waals surface area contributed by atoms with Crippen molar-refractivity contribution in [2.45, 2.75) is 38.3 Å². The molecule has 1 atom stereocenters. The van der Waals surface area contributed by atoms with Crippen molar-refractivity contribution in [1.82, 2.24) is 14.6 Å². The number of carbonyl (C=O) groups excluding carboxylic acids is 1. The highest BCUT2D eigenvalue weighted by molar-refractivity contribution is 7.89. The summed E-state index contributed by atoms with van der Waals surface area (Å²) in [6, 6.07) is 3.91. The molecule has 1 aromatic heterocycles. The third kappa shape index (κ3) is 4.66. The van der Waals surface area contributed by atoms with E-state index in [-0.39, 0.29) is 6.54 Å². The van der Waals surface area contributed by atoms with Crippen molar-refractivity contribution < 1.29 is 22.3 Å². The second kappa shape index (κ2) is 8.66. The lowest BCUT2D eigenvalue weighted by atomic mass is 10.1. The van der Waals surface area contributed by atoms with E-state index in [1.54, 1.807) is 20.4 Å². The van der Waals surface area contributed by atoms with Gasteiger partial charge in [0.15, 0.2) is 0 Å². The van der Waals surface area contributed by atoms with Crippen molar-refractivity contribution in [1.29, 1.82) is 0 Å². The molecule has 152 valence electrons.